The number of nitrogens with zero attached hydrogens (tertiary/aromatic N) is 1. The van der Waals surface area contributed by atoms with E-state index < -0.39 is 0 Å². The van der Waals surface area contributed by atoms with E-state index in [0.29, 0.717) is 24.7 Å². The first-order valence-corrected chi connectivity index (χ1v) is 4.69. The number of ether oxygens (including phenoxy) is 2. The number of aromatic nitrogens is 1. The monoisotopic (exact) mass is 193 g/mol. The van der Waals surface area contributed by atoms with Gasteiger partial charge < -0.3 is 9.47 Å². The minimum absolute atomic E-state index is 0.609. The quantitative estimate of drug-likeness (QED) is 0.720. The number of pyridine rings is 1. The van der Waals surface area contributed by atoms with Crippen molar-refractivity contribution >= 4 is 6.08 Å². The van der Waals surface area contributed by atoms with Gasteiger partial charge in [-0.2, -0.15) is 0 Å². The Hall–Kier alpha value is -1.51. The average molecular weight is 193 g/mol. The van der Waals surface area contributed by atoms with Crippen LogP contribution in [-0.2, 0) is 0 Å². The zero-order valence-corrected chi connectivity index (χ0v) is 8.62. The maximum atomic E-state index is 5.40. The van der Waals surface area contributed by atoms with Crippen molar-refractivity contribution in [1.29, 1.82) is 0 Å². The minimum atomic E-state index is 0.609. The molecule has 3 heteroatoms. The van der Waals surface area contributed by atoms with Gasteiger partial charge in [0.25, 0.3) is 0 Å². The van der Waals surface area contributed by atoms with Crippen molar-refractivity contribution < 1.29 is 9.47 Å². The standard InChI is InChI=1S/C11H15NO2/c1-4-9-10(13-5-2)7-12-8-11(9)14-6-3/h4,7-8H,1,5-6H2,2-3H3. The number of hydrogen-bond donors (Lipinski definition) is 0. The van der Waals surface area contributed by atoms with Crippen molar-refractivity contribution in [3.05, 3.63) is 24.5 Å². The van der Waals surface area contributed by atoms with Crippen LogP contribution in [0.3, 0.4) is 0 Å². The molecule has 76 valence electrons. The first-order chi connectivity index (χ1) is 6.83. The van der Waals surface area contributed by atoms with Gasteiger partial charge in [-0.1, -0.05) is 12.7 Å². The highest BCUT2D eigenvalue weighted by molar-refractivity contribution is 5.61. The Labute approximate surface area is 84.4 Å². The molecule has 0 unspecified atom stereocenters. The molecular weight excluding hydrogens is 178 g/mol. The molecule has 0 saturated heterocycles. The summed E-state index contributed by atoms with van der Waals surface area (Å²) in [6.45, 7) is 8.81. The second kappa shape index (κ2) is 5.27. The van der Waals surface area contributed by atoms with Crippen LogP contribution in [0, 0.1) is 0 Å². The molecular formula is C11H15NO2. The van der Waals surface area contributed by atoms with Crippen LogP contribution in [0.25, 0.3) is 6.08 Å². The lowest BCUT2D eigenvalue weighted by atomic mass is 10.2. The lowest BCUT2D eigenvalue weighted by Gasteiger charge is -2.11. The molecule has 0 aromatic carbocycles. The van der Waals surface area contributed by atoms with E-state index in [1.807, 2.05) is 13.8 Å². The maximum absolute atomic E-state index is 5.40. The smallest absolute Gasteiger partial charge is 0.148 e. The molecule has 0 aliphatic carbocycles. The van der Waals surface area contributed by atoms with Crippen LogP contribution in [0.5, 0.6) is 11.5 Å². The Morgan fingerprint density at radius 3 is 2.07 bits per heavy atom. The molecule has 0 N–H and O–H groups in total. The highest BCUT2D eigenvalue weighted by Gasteiger charge is 2.07. The average Bonchev–Trinajstić information content (AvgIpc) is 2.19. The third-order valence-electron chi connectivity index (χ3n) is 1.72. The molecule has 0 aliphatic rings. The van der Waals surface area contributed by atoms with Crippen molar-refractivity contribution in [2.45, 2.75) is 13.8 Å². The molecule has 1 aromatic heterocycles. The van der Waals surface area contributed by atoms with Gasteiger partial charge in [-0.05, 0) is 13.8 Å². The predicted octanol–water partition coefficient (Wildman–Crippen LogP) is 2.52. The van der Waals surface area contributed by atoms with E-state index in [2.05, 4.69) is 11.6 Å². The lowest BCUT2D eigenvalue weighted by molar-refractivity contribution is 0.319. The minimum Gasteiger partial charge on any atom is -0.491 e. The van der Waals surface area contributed by atoms with Gasteiger partial charge in [0, 0.05) is 0 Å². The van der Waals surface area contributed by atoms with E-state index in [-0.39, 0.29) is 0 Å². The molecule has 14 heavy (non-hydrogen) atoms. The van der Waals surface area contributed by atoms with Gasteiger partial charge in [0.05, 0.1) is 31.2 Å². The molecule has 1 aromatic rings. The molecule has 1 heterocycles. The SMILES string of the molecule is C=Cc1c(OCC)cncc1OCC. The van der Waals surface area contributed by atoms with Gasteiger partial charge in [-0.25, -0.2) is 0 Å². The summed E-state index contributed by atoms with van der Waals surface area (Å²) < 4.78 is 10.8. The third kappa shape index (κ3) is 2.25. The Bertz CT molecular complexity index is 286. The second-order valence-corrected chi connectivity index (χ2v) is 2.62. The van der Waals surface area contributed by atoms with Crippen molar-refractivity contribution in [1.82, 2.24) is 4.98 Å². The van der Waals surface area contributed by atoms with Crippen molar-refractivity contribution in [2.75, 3.05) is 13.2 Å². The molecule has 0 atom stereocenters. The predicted molar refractivity (Wildman–Crippen MR) is 56.7 cm³/mol. The largest absolute Gasteiger partial charge is 0.491 e. The van der Waals surface area contributed by atoms with Gasteiger partial charge in [0.1, 0.15) is 11.5 Å². The molecule has 0 fully saturated rings. The Morgan fingerprint density at radius 2 is 1.71 bits per heavy atom. The molecule has 0 saturated carbocycles. The Kier molecular flexibility index (Phi) is 3.98. The summed E-state index contributed by atoms with van der Waals surface area (Å²) in [4.78, 5) is 4.03. The summed E-state index contributed by atoms with van der Waals surface area (Å²) in [6, 6.07) is 0. The van der Waals surface area contributed by atoms with Crippen molar-refractivity contribution in [3.8, 4) is 11.5 Å². The lowest BCUT2D eigenvalue weighted by Crippen LogP contribution is -1.99. The van der Waals surface area contributed by atoms with Crippen LogP contribution in [0.1, 0.15) is 19.4 Å². The highest BCUT2D eigenvalue weighted by Crippen LogP contribution is 2.28. The van der Waals surface area contributed by atoms with Gasteiger partial charge in [0.2, 0.25) is 0 Å². The molecule has 0 aliphatic heterocycles. The molecule has 0 radical (unpaired) electrons. The fourth-order valence-electron chi connectivity index (χ4n) is 1.18. The van der Waals surface area contributed by atoms with Crippen LogP contribution >= 0.6 is 0 Å². The van der Waals surface area contributed by atoms with Gasteiger partial charge in [-0.3, -0.25) is 4.98 Å². The van der Waals surface area contributed by atoms with Gasteiger partial charge in [0.15, 0.2) is 0 Å². The molecule has 0 spiro atoms. The normalized spacial score (nSPS) is 9.57. The molecule has 0 bridgehead atoms. The first kappa shape index (κ1) is 10.6. The topological polar surface area (TPSA) is 31.4 Å². The van der Waals surface area contributed by atoms with E-state index in [4.69, 9.17) is 9.47 Å². The van der Waals surface area contributed by atoms with E-state index in [9.17, 15) is 0 Å². The molecule has 1 rings (SSSR count). The van der Waals surface area contributed by atoms with Crippen molar-refractivity contribution in [2.24, 2.45) is 0 Å². The summed E-state index contributed by atoms with van der Waals surface area (Å²) in [5, 5.41) is 0. The Morgan fingerprint density at radius 1 is 1.21 bits per heavy atom. The second-order valence-electron chi connectivity index (χ2n) is 2.62. The first-order valence-electron chi connectivity index (χ1n) is 4.69. The summed E-state index contributed by atoms with van der Waals surface area (Å²) in [6.07, 6.45) is 5.06. The van der Waals surface area contributed by atoms with Crippen LogP contribution in [0.2, 0.25) is 0 Å². The summed E-state index contributed by atoms with van der Waals surface area (Å²) in [5.41, 5.74) is 0.865. The maximum Gasteiger partial charge on any atom is 0.148 e. The van der Waals surface area contributed by atoms with Crippen LogP contribution < -0.4 is 9.47 Å². The Balaban J connectivity index is 3.04. The number of hydrogen-bond acceptors (Lipinski definition) is 3. The molecule has 3 nitrogen and oxygen atoms in total. The van der Waals surface area contributed by atoms with E-state index in [0.717, 1.165) is 5.56 Å². The van der Waals surface area contributed by atoms with Crippen LogP contribution in [-0.4, -0.2) is 18.2 Å². The van der Waals surface area contributed by atoms with E-state index >= 15 is 0 Å². The zero-order chi connectivity index (χ0) is 10.4. The fraction of sp³-hybridized carbons (Fsp3) is 0.364. The molecule has 0 amide bonds. The van der Waals surface area contributed by atoms with E-state index in [1.54, 1.807) is 18.5 Å². The zero-order valence-electron chi connectivity index (χ0n) is 8.62. The summed E-state index contributed by atoms with van der Waals surface area (Å²) in [7, 11) is 0. The fourth-order valence-corrected chi connectivity index (χ4v) is 1.18. The number of rotatable bonds is 5. The van der Waals surface area contributed by atoms with Gasteiger partial charge >= 0.3 is 0 Å². The van der Waals surface area contributed by atoms with Crippen LogP contribution in [0.4, 0.5) is 0 Å². The summed E-state index contributed by atoms with van der Waals surface area (Å²) >= 11 is 0. The van der Waals surface area contributed by atoms with Crippen molar-refractivity contribution in [3.63, 3.8) is 0 Å². The van der Waals surface area contributed by atoms with E-state index in [1.165, 1.54) is 0 Å². The third-order valence-corrected chi connectivity index (χ3v) is 1.72. The van der Waals surface area contributed by atoms with Gasteiger partial charge in [-0.15, -0.1) is 0 Å². The van der Waals surface area contributed by atoms with Crippen LogP contribution in [0.15, 0.2) is 19.0 Å². The highest BCUT2D eigenvalue weighted by atomic mass is 16.5. The summed E-state index contributed by atoms with van der Waals surface area (Å²) in [5.74, 6) is 1.43.